The third kappa shape index (κ3) is 2.85. The Balaban J connectivity index is 1.57. The van der Waals surface area contributed by atoms with Gasteiger partial charge in [0.05, 0.1) is 0 Å². The molecule has 1 saturated heterocycles. The summed E-state index contributed by atoms with van der Waals surface area (Å²) in [6.45, 7) is 5.08. The van der Waals surface area contributed by atoms with Crippen molar-refractivity contribution in [1.29, 1.82) is 0 Å². The first-order valence-corrected chi connectivity index (χ1v) is 7.84. The Hall–Kier alpha value is -0.0800. The average molecular weight is 236 g/mol. The number of hydrogen-bond acceptors (Lipinski definition) is 2. The van der Waals surface area contributed by atoms with Gasteiger partial charge < -0.3 is 5.32 Å². The summed E-state index contributed by atoms with van der Waals surface area (Å²) in [5, 5.41) is 3.67. The van der Waals surface area contributed by atoms with E-state index in [2.05, 4.69) is 17.1 Å². The topological polar surface area (TPSA) is 15.3 Å². The third-order valence-electron chi connectivity index (χ3n) is 5.21. The Labute approximate surface area is 106 Å². The lowest BCUT2D eigenvalue weighted by Crippen LogP contribution is -2.46. The van der Waals surface area contributed by atoms with Gasteiger partial charge in [-0.15, -0.1) is 0 Å². The summed E-state index contributed by atoms with van der Waals surface area (Å²) in [6, 6.07) is 2.57. The molecule has 3 rings (SSSR count). The van der Waals surface area contributed by atoms with Crippen LogP contribution in [0, 0.1) is 5.92 Å². The largest absolute Gasteiger partial charge is 0.313 e. The molecule has 2 unspecified atom stereocenters. The fourth-order valence-electron chi connectivity index (χ4n) is 3.93. The molecule has 2 aliphatic carbocycles. The van der Waals surface area contributed by atoms with Gasteiger partial charge in [0, 0.05) is 24.7 Å². The van der Waals surface area contributed by atoms with E-state index >= 15 is 0 Å². The average Bonchev–Trinajstić information content (AvgIpc) is 2.86. The van der Waals surface area contributed by atoms with Crippen LogP contribution in [0.1, 0.15) is 58.3 Å². The lowest BCUT2D eigenvalue weighted by atomic mass is 9.97. The van der Waals surface area contributed by atoms with Crippen LogP contribution in [0.25, 0.3) is 0 Å². The van der Waals surface area contributed by atoms with E-state index in [-0.39, 0.29) is 0 Å². The molecule has 0 radical (unpaired) electrons. The molecule has 1 N–H and O–H groups in total. The second-order valence-electron chi connectivity index (χ2n) is 6.51. The van der Waals surface area contributed by atoms with Gasteiger partial charge in [-0.25, -0.2) is 0 Å². The first-order chi connectivity index (χ1) is 8.34. The van der Waals surface area contributed by atoms with Crippen LogP contribution in [0.15, 0.2) is 0 Å². The van der Waals surface area contributed by atoms with E-state index in [0.29, 0.717) is 0 Å². The van der Waals surface area contributed by atoms with Gasteiger partial charge in [0.15, 0.2) is 0 Å². The molecule has 3 fully saturated rings. The van der Waals surface area contributed by atoms with Crippen LogP contribution in [-0.2, 0) is 0 Å². The van der Waals surface area contributed by atoms with E-state index in [0.717, 1.165) is 24.0 Å². The van der Waals surface area contributed by atoms with Crippen LogP contribution in [-0.4, -0.2) is 36.1 Å². The molecule has 1 heterocycles. The van der Waals surface area contributed by atoms with Gasteiger partial charge in [0.2, 0.25) is 0 Å². The molecule has 0 aromatic heterocycles. The first-order valence-electron chi connectivity index (χ1n) is 7.84. The quantitative estimate of drug-likeness (QED) is 0.789. The second-order valence-corrected chi connectivity index (χ2v) is 6.51. The van der Waals surface area contributed by atoms with E-state index in [1.54, 1.807) is 0 Å². The molecule has 1 aliphatic heterocycles. The SMILES string of the molecule is CC(C1CCCC1)N(CC1CCCN1)C1CC1. The van der Waals surface area contributed by atoms with Gasteiger partial charge in [-0.05, 0) is 57.9 Å². The molecule has 0 amide bonds. The molecule has 3 aliphatic rings. The van der Waals surface area contributed by atoms with Crippen molar-refractivity contribution in [3.05, 3.63) is 0 Å². The number of nitrogens with zero attached hydrogens (tertiary/aromatic N) is 1. The zero-order valence-corrected chi connectivity index (χ0v) is 11.3. The minimum absolute atomic E-state index is 0.791. The molecule has 17 heavy (non-hydrogen) atoms. The Kier molecular flexibility index (Phi) is 3.72. The third-order valence-corrected chi connectivity index (χ3v) is 5.21. The maximum absolute atomic E-state index is 3.67. The van der Waals surface area contributed by atoms with E-state index in [1.807, 2.05) is 0 Å². The zero-order chi connectivity index (χ0) is 11.7. The number of hydrogen-bond donors (Lipinski definition) is 1. The molecule has 2 atom stereocenters. The molecule has 0 aromatic carbocycles. The van der Waals surface area contributed by atoms with Gasteiger partial charge >= 0.3 is 0 Å². The maximum atomic E-state index is 3.67. The van der Waals surface area contributed by atoms with E-state index in [4.69, 9.17) is 0 Å². The van der Waals surface area contributed by atoms with Crippen molar-refractivity contribution in [2.75, 3.05) is 13.1 Å². The first kappa shape index (κ1) is 12.0. The fraction of sp³-hybridized carbons (Fsp3) is 1.00. The molecular weight excluding hydrogens is 208 g/mol. The Morgan fingerprint density at radius 2 is 1.82 bits per heavy atom. The van der Waals surface area contributed by atoms with Crippen molar-refractivity contribution in [2.24, 2.45) is 5.92 Å². The summed E-state index contributed by atoms with van der Waals surface area (Å²) < 4.78 is 0. The highest BCUT2D eigenvalue weighted by Crippen LogP contribution is 2.36. The van der Waals surface area contributed by atoms with Crippen LogP contribution in [0.5, 0.6) is 0 Å². The molecule has 0 bridgehead atoms. The van der Waals surface area contributed by atoms with Crippen molar-refractivity contribution in [3.63, 3.8) is 0 Å². The van der Waals surface area contributed by atoms with Crippen molar-refractivity contribution in [3.8, 4) is 0 Å². The smallest absolute Gasteiger partial charge is 0.0195 e. The summed E-state index contributed by atoms with van der Waals surface area (Å²) in [5.74, 6) is 0.997. The minimum atomic E-state index is 0.791. The van der Waals surface area contributed by atoms with Crippen molar-refractivity contribution >= 4 is 0 Å². The summed E-state index contributed by atoms with van der Waals surface area (Å²) in [4.78, 5) is 2.86. The van der Waals surface area contributed by atoms with E-state index in [1.165, 1.54) is 64.5 Å². The molecule has 2 nitrogen and oxygen atoms in total. The predicted octanol–water partition coefficient (Wildman–Crippen LogP) is 2.78. The normalized spacial score (nSPS) is 32.5. The monoisotopic (exact) mass is 236 g/mol. The Morgan fingerprint density at radius 3 is 2.41 bits per heavy atom. The number of nitrogens with one attached hydrogen (secondary N) is 1. The highest BCUT2D eigenvalue weighted by molar-refractivity contribution is 4.93. The van der Waals surface area contributed by atoms with Gasteiger partial charge in [-0.3, -0.25) is 4.90 Å². The standard InChI is InChI=1S/C15H28N2/c1-12(13-5-2-3-6-13)17(15-8-9-15)11-14-7-4-10-16-14/h12-16H,2-11H2,1H3. The van der Waals surface area contributed by atoms with Crippen LogP contribution in [0.3, 0.4) is 0 Å². The predicted molar refractivity (Wildman–Crippen MR) is 72.2 cm³/mol. The van der Waals surface area contributed by atoms with Gasteiger partial charge in [0.1, 0.15) is 0 Å². The van der Waals surface area contributed by atoms with E-state index in [9.17, 15) is 0 Å². The van der Waals surface area contributed by atoms with Crippen molar-refractivity contribution < 1.29 is 0 Å². The second kappa shape index (κ2) is 5.27. The highest BCUT2D eigenvalue weighted by Gasteiger charge is 2.37. The molecule has 2 heteroatoms. The summed E-state index contributed by atoms with van der Waals surface area (Å²) in [5.41, 5.74) is 0. The molecule has 0 aromatic rings. The molecule has 98 valence electrons. The van der Waals surface area contributed by atoms with E-state index < -0.39 is 0 Å². The Bertz CT molecular complexity index is 237. The fourth-order valence-corrected chi connectivity index (χ4v) is 3.93. The molecule has 0 spiro atoms. The van der Waals surface area contributed by atoms with Crippen LogP contribution in [0.2, 0.25) is 0 Å². The van der Waals surface area contributed by atoms with Crippen LogP contribution in [0.4, 0.5) is 0 Å². The highest BCUT2D eigenvalue weighted by atomic mass is 15.2. The van der Waals surface area contributed by atoms with Crippen molar-refractivity contribution in [1.82, 2.24) is 10.2 Å². The van der Waals surface area contributed by atoms with Crippen molar-refractivity contribution in [2.45, 2.75) is 76.4 Å². The van der Waals surface area contributed by atoms with Gasteiger partial charge in [-0.2, -0.15) is 0 Å². The van der Waals surface area contributed by atoms with Crippen LogP contribution < -0.4 is 5.32 Å². The Morgan fingerprint density at radius 1 is 1.06 bits per heavy atom. The summed E-state index contributed by atoms with van der Waals surface area (Å²) in [6.07, 6.45) is 11.7. The molecular formula is C15H28N2. The minimum Gasteiger partial charge on any atom is -0.313 e. The zero-order valence-electron chi connectivity index (χ0n) is 11.3. The van der Waals surface area contributed by atoms with Crippen LogP contribution >= 0.6 is 0 Å². The summed E-state index contributed by atoms with van der Waals surface area (Å²) in [7, 11) is 0. The lowest BCUT2D eigenvalue weighted by Gasteiger charge is -2.35. The number of rotatable bonds is 5. The van der Waals surface area contributed by atoms with Gasteiger partial charge in [0.25, 0.3) is 0 Å². The lowest BCUT2D eigenvalue weighted by molar-refractivity contribution is 0.134. The summed E-state index contributed by atoms with van der Waals surface area (Å²) >= 11 is 0. The van der Waals surface area contributed by atoms with Gasteiger partial charge in [-0.1, -0.05) is 12.8 Å². The molecule has 2 saturated carbocycles. The maximum Gasteiger partial charge on any atom is 0.0195 e.